The summed E-state index contributed by atoms with van der Waals surface area (Å²) in [6, 6.07) is 9.13. The van der Waals surface area contributed by atoms with Gasteiger partial charge in [-0.1, -0.05) is 18.2 Å². The number of aryl methyl sites for hydroxylation is 1. The quantitative estimate of drug-likeness (QED) is 0.601. The lowest BCUT2D eigenvalue weighted by molar-refractivity contribution is -0.386. The van der Waals surface area contributed by atoms with Gasteiger partial charge in [-0.2, -0.15) is 9.78 Å². The molecular weight excluding hydrogens is 222 g/mol. The zero-order valence-corrected chi connectivity index (χ0v) is 9.45. The summed E-state index contributed by atoms with van der Waals surface area (Å²) in [4.78, 5) is 10.4. The molecule has 1 heterocycles. The standard InChI is InChI=1S/C11H11N3O3/c1-8-10(14(15)16)11(17-2)13(12-8)9-6-4-3-5-7-9/h3-7H,1-2H3. The highest BCUT2D eigenvalue weighted by atomic mass is 16.6. The van der Waals surface area contributed by atoms with Gasteiger partial charge in [-0.25, -0.2) is 0 Å². The monoisotopic (exact) mass is 233 g/mol. The smallest absolute Gasteiger partial charge is 0.353 e. The second kappa shape index (κ2) is 4.25. The minimum atomic E-state index is -0.486. The molecule has 0 aliphatic heterocycles. The first-order chi connectivity index (χ1) is 8.15. The van der Waals surface area contributed by atoms with Crippen LogP contribution in [0, 0.1) is 17.0 Å². The minimum Gasteiger partial charge on any atom is -0.476 e. The van der Waals surface area contributed by atoms with E-state index in [0.717, 1.165) is 5.69 Å². The van der Waals surface area contributed by atoms with E-state index < -0.39 is 4.92 Å². The predicted octanol–water partition coefficient (Wildman–Crippen LogP) is 2.10. The molecule has 6 heteroatoms. The van der Waals surface area contributed by atoms with Crippen LogP contribution in [-0.2, 0) is 0 Å². The van der Waals surface area contributed by atoms with Crippen molar-refractivity contribution in [2.45, 2.75) is 6.92 Å². The van der Waals surface area contributed by atoms with Crippen molar-refractivity contribution in [2.24, 2.45) is 0 Å². The van der Waals surface area contributed by atoms with E-state index in [1.165, 1.54) is 11.8 Å². The molecule has 0 unspecified atom stereocenters. The molecule has 88 valence electrons. The highest BCUT2D eigenvalue weighted by molar-refractivity contribution is 5.50. The summed E-state index contributed by atoms with van der Waals surface area (Å²) in [5.41, 5.74) is 0.951. The highest BCUT2D eigenvalue weighted by Crippen LogP contribution is 2.32. The van der Waals surface area contributed by atoms with Crippen LogP contribution in [0.4, 0.5) is 5.69 Å². The number of para-hydroxylation sites is 1. The minimum absolute atomic E-state index is 0.101. The zero-order chi connectivity index (χ0) is 12.4. The Morgan fingerprint density at radius 3 is 2.53 bits per heavy atom. The molecule has 0 spiro atoms. The maximum Gasteiger partial charge on any atom is 0.353 e. The third kappa shape index (κ3) is 1.84. The van der Waals surface area contributed by atoms with E-state index in [4.69, 9.17) is 4.74 Å². The lowest BCUT2D eigenvalue weighted by Crippen LogP contribution is -2.00. The van der Waals surface area contributed by atoms with Crippen LogP contribution in [0.25, 0.3) is 5.69 Å². The number of nitro groups is 1. The van der Waals surface area contributed by atoms with Gasteiger partial charge in [0.05, 0.1) is 17.7 Å². The van der Waals surface area contributed by atoms with E-state index in [9.17, 15) is 10.1 Å². The maximum absolute atomic E-state index is 10.9. The summed E-state index contributed by atoms with van der Waals surface area (Å²) in [5.74, 6) is 0.138. The van der Waals surface area contributed by atoms with Crippen molar-refractivity contribution in [2.75, 3.05) is 7.11 Å². The Bertz CT molecular complexity index is 549. The molecular formula is C11H11N3O3. The van der Waals surface area contributed by atoms with Crippen LogP contribution in [0.2, 0.25) is 0 Å². The van der Waals surface area contributed by atoms with Crippen molar-refractivity contribution in [3.8, 4) is 11.6 Å². The fraction of sp³-hybridized carbons (Fsp3) is 0.182. The normalized spacial score (nSPS) is 10.2. The molecule has 0 N–H and O–H groups in total. The summed E-state index contributed by atoms with van der Waals surface area (Å²) in [7, 11) is 1.39. The first kappa shape index (κ1) is 11.1. The van der Waals surface area contributed by atoms with E-state index in [1.807, 2.05) is 18.2 Å². The zero-order valence-electron chi connectivity index (χ0n) is 9.45. The van der Waals surface area contributed by atoms with Gasteiger partial charge in [0.1, 0.15) is 5.69 Å². The molecule has 0 saturated carbocycles. The second-order valence-electron chi connectivity index (χ2n) is 3.45. The van der Waals surface area contributed by atoms with Crippen molar-refractivity contribution < 1.29 is 9.66 Å². The lowest BCUT2D eigenvalue weighted by Gasteiger charge is -2.04. The number of rotatable bonds is 3. The number of aromatic nitrogens is 2. The van der Waals surface area contributed by atoms with Gasteiger partial charge in [0.15, 0.2) is 0 Å². The van der Waals surface area contributed by atoms with E-state index in [-0.39, 0.29) is 11.6 Å². The van der Waals surface area contributed by atoms with Gasteiger partial charge in [-0.3, -0.25) is 10.1 Å². The summed E-state index contributed by atoms with van der Waals surface area (Å²) >= 11 is 0. The average molecular weight is 233 g/mol. The first-order valence-electron chi connectivity index (χ1n) is 4.98. The summed E-state index contributed by atoms with van der Waals surface area (Å²) in [6.07, 6.45) is 0. The predicted molar refractivity (Wildman–Crippen MR) is 61.5 cm³/mol. The number of benzene rings is 1. The molecule has 1 aromatic carbocycles. The van der Waals surface area contributed by atoms with Gasteiger partial charge >= 0.3 is 5.69 Å². The van der Waals surface area contributed by atoms with Crippen molar-refractivity contribution >= 4 is 5.69 Å². The largest absolute Gasteiger partial charge is 0.476 e. The number of nitrogens with zero attached hydrogens (tertiary/aromatic N) is 3. The maximum atomic E-state index is 10.9. The van der Waals surface area contributed by atoms with Crippen molar-refractivity contribution in [1.82, 2.24) is 9.78 Å². The number of ether oxygens (including phenoxy) is 1. The Morgan fingerprint density at radius 2 is 2.00 bits per heavy atom. The van der Waals surface area contributed by atoms with E-state index in [1.54, 1.807) is 19.1 Å². The molecule has 17 heavy (non-hydrogen) atoms. The van der Waals surface area contributed by atoms with Crippen LogP contribution in [0.5, 0.6) is 5.88 Å². The van der Waals surface area contributed by atoms with Gasteiger partial charge in [-0.15, -0.1) is 0 Å². The molecule has 0 bridgehead atoms. The van der Waals surface area contributed by atoms with Crippen LogP contribution < -0.4 is 4.74 Å². The van der Waals surface area contributed by atoms with Crippen LogP contribution in [-0.4, -0.2) is 21.8 Å². The van der Waals surface area contributed by atoms with E-state index in [2.05, 4.69) is 5.10 Å². The van der Waals surface area contributed by atoms with Crippen LogP contribution in [0.1, 0.15) is 5.69 Å². The van der Waals surface area contributed by atoms with Crippen LogP contribution in [0.15, 0.2) is 30.3 Å². The molecule has 2 aromatic rings. The molecule has 2 rings (SSSR count). The molecule has 0 radical (unpaired) electrons. The second-order valence-corrected chi connectivity index (χ2v) is 3.45. The SMILES string of the molecule is COc1c([N+](=O)[O-])c(C)nn1-c1ccccc1. The van der Waals surface area contributed by atoms with E-state index in [0.29, 0.717) is 5.69 Å². The van der Waals surface area contributed by atoms with Crippen LogP contribution in [0.3, 0.4) is 0 Å². The molecule has 0 fully saturated rings. The topological polar surface area (TPSA) is 70.2 Å². The Hall–Kier alpha value is -2.37. The molecule has 0 aliphatic rings. The van der Waals surface area contributed by atoms with Gasteiger partial charge in [-0.05, 0) is 19.1 Å². The van der Waals surface area contributed by atoms with Crippen molar-refractivity contribution in [3.63, 3.8) is 0 Å². The molecule has 0 atom stereocenters. The van der Waals surface area contributed by atoms with E-state index >= 15 is 0 Å². The third-order valence-corrected chi connectivity index (χ3v) is 2.36. The van der Waals surface area contributed by atoms with Gasteiger partial charge in [0.2, 0.25) is 0 Å². The molecule has 0 amide bonds. The fourth-order valence-corrected chi connectivity index (χ4v) is 1.64. The molecule has 0 saturated heterocycles. The molecule has 1 aromatic heterocycles. The Balaban J connectivity index is 2.64. The van der Waals surface area contributed by atoms with Crippen molar-refractivity contribution in [3.05, 3.63) is 46.1 Å². The number of hydrogen-bond donors (Lipinski definition) is 0. The van der Waals surface area contributed by atoms with Crippen LogP contribution >= 0.6 is 0 Å². The molecule has 6 nitrogen and oxygen atoms in total. The fourth-order valence-electron chi connectivity index (χ4n) is 1.64. The number of methoxy groups -OCH3 is 1. The Labute approximate surface area is 97.6 Å². The van der Waals surface area contributed by atoms with Crippen molar-refractivity contribution in [1.29, 1.82) is 0 Å². The lowest BCUT2D eigenvalue weighted by atomic mass is 10.3. The van der Waals surface area contributed by atoms with Gasteiger partial charge < -0.3 is 4.74 Å². The Morgan fingerprint density at radius 1 is 1.35 bits per heavy atom. The highest BCUT2D eigenvalue weighted by Gasteiger charge is 2.26. The molecule has 0 aliphatic carbocycles. The average Bonchev–Trinajstić information content (AvgIpc) is 2.67. The first-order valence-corrected chi connectivity index (χ1v) is 4.98. The Kier molecular flexibility index (Phi) is 2.78. The van der Waals surface area contributed by atoms with Gasteiger partial charge in [0, 0.05) is 0 Å². The number of hydrogen-bond acceptors (Lipinski definition) is 4. The van der Waals surface area contributed by atoms with Gasteiger partial charge in [0.25, 0.3) is 5.88 Å². The summed E-state index contributed by atoms with van der Waals surface area (Å²) in [6.45, 7) is 1.58. The summed E-state index contributed by atoms with van der Waals surface area (Å²) < 4.78 is 6.50. The summed E-state index contributed by atoms with van der Waals surface area (Å²) in [5, 5.41) is 15.0. The third-order valence-electron chi connectivity index (χ3n) is 2.36.